The molecule has 5 rings (SSSR count). The van der Waals surface area contributed by atoms with Crippen molar-refractivity contribution in [3.63, 3.8) is 0 Å². The predicted molar refractivity (Wildman–Crippen MR) is 153 cm³/mol. The first-order valence-electron chi connectivity index (χ1n) is 13.3. The second-order valence-corrected chi connectivity index (χ2v) is 11.7. The van der Waals surface area contributed by atoms with Gasteiger partial charge < -0.3 is 25.3 Å². The maximum atomic E-state index is 14.6. The van der Waals surface area contributed by atoms with E-state index in [9.17, 15) is 4.39 Å². The van der Waals surface area contributed by atoms with E-state index in [0.29, 0.717) is 5.11 Å². The number of rotatable bonds is 3. The van der Waals surface area contributed by atoms with E-state index >= 15 is 0 Å². The van der Waals surface area contributed by atoms with Gasteiger partial charge in [0, 0.05) is 50.1 Å². The summed E-state index contributed by atoms with van der Waals surface area (Å²) in [5.74, 6) is -0.0876. The summed E-state index contributed by atoms with van der Waals surface area (Å²) in [4.78, 5) is 14.2. The average molecular weight is 533 g/mol. The standard InChI is InChI=1S/C20H26FN3S.C7H15N3S/c1-23-11-6-12-24(14-13-23)19-22-18(15-25-19)20(9-4-5-10-20)16-7-2-3-8-17(16)21;1-9-3-2-4-10(6-5-9)7(8)11/h2-3,7-8,15H,4-6,9-14H2,1H3;2-6H2,1H3,(H2,8,11). The average Bonchev–Trinajstić information content (AvgIpc) is 3.44. The molecule has 6 nitrogen and oxygen atoms in total. The molecule has 0 atom stereocenters. The number of halogens is 1. The van der Waals surface area contributed by atoms with Crippen LogP contribution in [-0.4, -0.2) is 91.2 Å². The summed E-state index contributed by atoms with van der Waals surface area (Å²) in [5.41, 5.74) is 7.20. The molecule has 0 bridgehead atoms. The van der Waals surface area contributed by atoms with Crippen LogP contribution in [0.3, 0.4) is 0 Å². The third-order valence-corrected chi connectivity index (χ3v) is 9.01. The van der Waals surface area contributed by atoms with E-state index in [0.717, 1.165) is 101 Å². The maximum absolute atomic E-state index is 14.6. The fraction of sp³-hybridized carbons (Fsp3) is 0.630. The molecule has 1 aromatic heterocycles. The number of likely N-dealkylation sites (N-methyl/N-ethyl adjacent to an activating group) is 2. The topological polar surface area (TPSA) is 51.9 Å². The predicted octanol–water partition coefficient (Wildman–Crippen LogP) is 4.15. The van der Waals surface area contributed by atoms with E-state index < -0.39 is 0 Å². The van der Waals surface area contributed by atoms with Crippen molar-refractivity contribution in [3.05, 3.63) is 46.7 Å². The fourth-order valence-electron chi connectivity index (χ4n) is 5.63. The van der Waals surface area contributed by atoms with Gasteiger partial charge in [-0.15, -0.1) is 11.3 Å². The van der Waals surface area contributed by atoms with Crippen LogP contribution < -0.4 is 10.6 Å². The molecule has 3 heterocycles. The summed E-state index contributed by atoms with van der Waals surface area (Å²) in [7, 11) is 4.31. The smallest absolute Gasteiger partial charge is 0.185 e. The number of hydrogen-bond donors (Lipinski definition) is 1. The number of thiocarbonyl (C=S) groups is 1. The summed E-state index contributed by atoms with van der Waals surface area (Å²) in [6.07, 6.45) is 6.63. The normalized spacial score (nSPS) is 21.4. The second kappa shape index (κ2) is 12.6. The number of hydrogen-bond acceptors (Lipinski definition) is 6. The molecule has 198 valence electrons. The Morgan fingerprint density at radius 3 is 2.28 bits per heavy atom. The molecule has 9 heteroatoms. The Labute approximate surface area is 225 Å². The molecule has 3 aliphatic rings. The van der Waals surface area contributed by atoms with E-state index in [1.165, 1.54) is 6.42 Å². The first kappa shape index (κ1) is 27.2. The van der Waals surface area contributed by atoms with Crippen molar-refractivity contribution >= 4 is 33.8 Å². The Balaban J connectivity index is 0.000000233. The molecule has 36 heavy (non-hydrogen) atoms. The molecule has 1 saturated carbocycles. The highest BCUT2D eigenvalue weighted by atomic mass is 32.1. The molecule has 0 amide bonds. The molecule has 2 aromatic rings. The summed E-state index contributed by atoms with van der Waals surface area (Å²) >= 11 is 6.63. The Morgan fingerprint density at radius 2 is 1.58 bits per heavy atom. The third-order valence-electron chi connectivity index (χ3n) is 7.85. The largest absolute Gasteiger partial charge is 0.376 e. The van der Waals surface area contributed by atoms with Gasteiger partial charge >= 0.3 is 0 Å². The van der Waals surface area contributed by atoms with Gasteiger partial charge in [-0.05, 0) is 76.7 Å². The minimum Gasteiger partial charge on any atom is -0.376 e. The van der Waals surface area contributed by atoms with Crippen LogP contribution in [0.25, 0.3) is 0 Å². The van der Waals surface area contributed by atoms with Crippen LogP contribution in [0.1, 0.15) is 49.8 Å². The molecular formula is C27H41FN6S2. The van der Waals surface area contributed by atoms with Crippen molar-refractivity contribution in [2.75, 3.05) is 71.4 Å². The Kier molecular flexibility index (Phi) is 9.55. The highest BCUT2D eigenvalue weighted by molar-refractivity contribution is 7.80. The van der Waals surface area contributed by atoms with Gasteiger partial charge in [0.2, 0.25) is 0 Å². The first-order valence-corrected chi connectivity index (χ1v) is 14.6. The van der Waals surface area contributed by atoms with Crippen molar-refractivity contribution in [1.29, 1.82) is 0 Å². The minimum absolute atomic E-state index is 0.0876. The third kappa shape index (κ3) is 6.54. The Morgan fingerprint density at radius 1 is 0.917 bits per heavy atom. The Bertz CT molecular complexity index is 992. The molecule has 1 aromatic carbocycles. The van der Waals surface area contributed by atoms with Gasteiger partial charge in [0.25, 0.3) is 0 Å². The summed E-state index contributed by atoms with van der Waals surface area (Å²) in [5, 5.41) is 3.83. The summed E-state index contributed by atoms with van der Waals surface area (Å²) < 4.78 is 14.6. The van der Waals surface area contributed by atoms with Crippen molar-refractivity contribution in [2.24, 2.45) is 5.73 Å². The molecule has 2 aliphatic heterocycles. The SMILES string of the molecule is CN1CCCN(C(N)=S)CC1.CN1CCCN(c2nc(C3(c4ccccc4F)CCCC3)cs2)CC1. The monoisotopic (exact) mass is 532 g/mol. The summed E-state index contributed by atoms with van der Waals surface area (Å²) in [6.45, 7) is 8.52. The summed E-state index contributed by atoms with van der Waals surface area (Å²) in [6, 6.07) is 7.28. The zero-order valence-corrected chi connectivity index (χ0v) is 23.4. The zero-order valence-electron chi connectivity index (χ0n) is 21.8. The second-order valence-electron chi connectivity index (χ2n) is 10.4. The van der Waals surface area contributed by atoms with Crippen LogP contribution in [0.4, 0.5) is 9.52 Å². The molecule has 0 radical (unpaired) electrons. The molecule has 0 unspecified atom stereocenters. The van der Waals surface area contributed by atoms with Crippen LogP contribution >= 0.6 is 23.6 Å². The lowest BCUT2D eigenvalue weighted by Crippen LogP contribution is -2.37. The molecular weight excluding hydrogens is 491 g/mol. The highest BCUT2D eigenvalue weighted by Gasteiger charge is 2.41. The lowest BCUT2D eigenvalue weighted by molar-refractivity contribution is 0.346. The molecule has 3 fully saturated rings. The van der Waals surface area contributed by atoms with Gasteiger partial charge in [-0.25, -0.2) is 9.37 Å². The highest BCUT2D eigenvalue weighted by Crippen LogP contribution is 2.48. The zero-order chi connectivity index (χ0) is 25.5. The maximum Gasteiger partial charge on any atom is 0.185 e. The van der Waals surface area contributed by atoms with Crippen LogP contribution in [0.5, 0.6) is 0 Å². The van der Waals surface area contributed by atoms with E-state index in [1.807, 2.05) is 12.1 Å². The lowest BCUT2D eigenvalue weighted by Gasteiger charge is -2.28. The lowest BCUT2D eigenvalue weighted by atomic mass is 9.76. The number of nitrogens with two attached hydrogens (primary N) is 1. The van der Waals surface area contributed by atoms with Gasteiger partial charge in [-0.3, -0.25) is 0 Å². The van der Waals surface area contributed by atoms with Crippen LogP contribution in [-0.2, 0) is 5.41 Å². The number of aromatic nitrogens is 1. The first-order chi connectivity index (χ1) is 17.4. The van der Waals surface area contributed by atoms with Crippen molar-refractivity contribution in [1.82, 2.24) is 19.7 Å². The fourth-order valence-corrected chi connectivity index (χ4v) is 6.79. The van der Waals surface area contributed by atoms with E-state index in [-0.39, 0.29) is 11.2 Å². The molecule has 2 saturated heterocycles. The van der Waals surface area contributed by atoms with Gasteiger partial charge in [-0.1, -0.05) is 31.0 Å². The molecule has 2 N–H and O–H groups in total. The van der Waals surface area contributed by atoms with Crippen LogP contribution in [0.15, 0.2) is 29.6 Å². The Hall–Kier alpha value is -1.81. The van der Waals surface area contributed by atoms with Gasteiger partial charge in [-0.2, -0.15) is 0 Å². The minimum atomic E-state index is -0.233. The van der Waals surface area contributed by atoms with Crippen molar-refractivity contribution < 1.29 is 4.39 Å². The van der Waals surface area contributed by atoms with Gasteiger partial charge in [0.15, 0.2) is 10.2 Å². The van der Waals surface area contributed by atoms with Crippen LogP contribution in [0.2, 0.25) is 0 Å². The van der Waals surface area contributed by atoms with E-state index in [4.69, 9.17) is 22.9 Å². The van der Waals surface area contributed by atoms with Gasteiger partial charge in [0.05, 0.1) is 5.69 Å². The van der Waals surface area contributed by atoms with Crippen molar-refractivity contribution in [2.45, 2.75) is 43.9 Å². The van der Waals surface area contributed by atoms with Crippen LogP contribution in [0, 0.1) is 5.82 Å². The molecule has 1 aliphatic carbocycles. The van der Waals surface area contributed by atoms with Gasteiger partial charge in [0.1, 0.15) is 5.82 Å². The molecule has 0 spiro atoms. The van der Waals surface area contributed by atoms with E-state index in [2.05, 4.69) is 39.1 Å². The number of anilines is 1. The number of benzene rings is 1. The van der Waals surface area contributed by atoms with Crippen molar-refractivity contribution in [3.8, 4) is 0 Å². The van der Waals surface area contributed by atoms with E-state index in [1.54, 1.807) is 23.5 Å². The quantitative estimate of drug-likeness (QED) is 0.596. The number of thiazole rings is 1. The number of nitrogens with zero attached hydrogens (tertiary/aromatic N) is 5.